The molecule has 0 aliphatic carbocycles. The van der Waals surface area contributed by atoms with Gasteiger partial charge in [0.05, 0.1) is 6.54 Å². The number of pyridine rings is 1. The highest BCUT2D eigenvalue weighted by Crippen LogP contribution is 2.21. The van der Waals surface area contributed by atoms with Crippen molar-refractivity contribution in [2.75, 3.05) is 13.6 Å². The van der Waals surface area contributed by atoms with E-state index >= 15 is 0 Å². The van der Waals surface area contributed by atoms with E-state index in [1.165, 1.54) is 11.1 Å². The lowest BCUT2D eigenvalue weighted by Crippen LogP contribution is -2.24. The highest BCUT2D eigenvalue weighted by Gasteiger charge is 2.14. The molecular weight excluding hydrogens is 342 g/mol. The van der Waals surface area contributed by atoms with E-state index in [1.807, 2.05) is 31.6 Å². The van der Waals surface area contributed by atoms with Gasteiger partial charge in [0.1, 0.15) is 5.82 Å². The zero-order chi connectivity index (χ0) is 18.4. The van der Waals surface area contributed by atoms with E-state index in [9.17, 15) is 0 Å². The van der Waals surface area contributed by atoms with Crippen LogP contribution >= 0.6 is 11.8 Å². The van der Waals surface area contributed by atoms with Gasteiger partial charge >= 0.3 is 0 Å². The maximum absolute atomic E-state index is 4.39. The second-order valence-electron chi connectivity index (χ2n) is 6.61. The molecule has 3 aromatic rings. The maximum atomic E-state index is 4.39. The second-order valence-corrected chi connectivity index (χ2v) is 7.55. The highest BCUT2D eigenvalue weighted by atomic mass is 32.2. The zero-order valence-corrected chi connectivity index (χ0v) is 16.4. The molecule has 0 saturated carbocycles. The number of benzene rings is 1. The first-order chi connectivity index (χ1) is 12.6. The third-order valence-corrected chi connectivity index (χ3v) is 5.50. The third kappa shape index (κ3) is 4.93. The molecule has 0 aliphatic rings. The molecule has 0 saturated heterocycles. The van der Waals surface area contributed by atoms with Crippen molar-refractivity contribution < 1.29 is 0 Å². The molecule has 6 heteroatoms. The van der Waals surface area contributed by atoms with Gasteiger partial charge < -0.3 is 4.57 Å². The number of rotatable bonds is 8. The molecule has 0 spiro atoms. The average Bonchev–Trinajstić information content (AvgIpc) is 3.01. The number of likely N-dealkylation sites (N-methyl/N-ethyl adjacent to an activating group) is 1. The van der Waals surface area contributed by atoms with Crippen LogP contribution < -0.4 is 0 Å². The van der Waals surface area contributed by atoms with Crippen LogP contribution in [0.15, 0.2) is 60.0 Å². The molecule has 0 unspecified atom stereocenters. The number of thioether (sulfide) groups is 1. The van der Waals surface area contributed by atoms with Crippen molar-refractivity contribution in [3.63, 3.8) is 0 Å². The van der Waals surface area contributed by atoms with Crippen LogP contribution in [0.5, 0.6) is 0 Å². The fourth-order valence-electron chi connectivity index (χ4n) is 2.90. The Kier molecular flexibility index (Phi) is 6.41. The van der Waals surface area contributed by atoms with E-state index in [0.717, 1.165) is 29.8 Å². The van der Waals surface area contributed by atoms with Crippen molar-refractivity contribution in [1.29, 1.82) is 0 Å². The van der Waals surface area contributed by atoms with Crippen LogP contribution in [-0.2, 0) is 19.3 Å². The predicted octanol–water partition coefficient (Wildman–Crippen LogP) is 3.74. The first kappa shape index (κ1) is 18.6. The van der Waals surface area contributed by atoms with Crippen LogP contribution in [-0.4, -0.2) is 38.2 Å². The van der Waals surface area contributed by atoms with Gasteiger partial charge in [0, 0.05) is 31.7 Å². The molecule has 26 heavy (non-hydrogen) atoms. The lowest BCUT2D eigenvalue weighted by Gasteiger charge is -2.21. The lowest BCUT2D eigenvalue weighted by molar-refractivity contribution is 0.298. The van der Waals surface area contributed by atoms with Crippen molar-refractivity contribution >= 4 is 11.8 Å². The van der Waals surface area contributed by atoms with E-state index in [-0.39, 0.29) is 0 Å². The van der Waals surface area contributed by atoms with Gasteiger partial charge in [0.25, 0.3) is 0 Å². The maximum Gasteiger partial charge on any atom is 0.191 e. The minimum atomic E-state index is 0.481. The minimum absolute atomic E-state index is 0.481. The van der Waals surface area contributed by atoms with Gasteiger partial charge in [-0.15, -0.1) is 10.2 Å². The lowest BCUT2D eigenvalue weighted by atomic mass is 10.0. The summed E-state index contributed by atoms with van der Waals surface area (Å²) in [7, 11) is 4.18. The van der Waals surface area contributed by atoms with Gasteiger partial charge in [0.15, 0.2) is 5.16 Å². The SMILES string of the molecule is C[C@@H](CN(C)Cc1nnc(SCc2ccncc2)n1C)c1ccccc1. The molecule has 1 aromatic carbocycles. The van der Waals surface area contributed by atoms with Gasteiger partial charge in [-0.25, -0.2) is 0 Å². The smallest absolute Gasteiger partial charge is 0.191 e. The van der Waals surface area contributed by atoms with Crippen molar-refractivity contribution in [1.82, 2.24) is 24.6 Å². The first-order valence-corrected chi connectivity index (χ1v) is 9.75. The molecule has 136 valence electrons. The van der Waals surface area contributed by atoms with E-state index in [4.69, 9.17) is 0 Å². The topological polar surface area (TPSA) is 46.8 Å². The summed E-state index contributed by atoms with van der Waals surface area (Å²) < 4.78 is 2.09. The number of hydrogen-bond acceptors (Lipinski definition) is 5. The largest absolute Gasteiger partial charge is 0.308 e. The van der Waals surface area contributed by atoms with Crippen LogP contribution in [0, 0.1) is 0 Å². The Hall–Kier alpha value is -2.18. The molecule has 0 N–H and O–H groups in total. The van der Waals surface area contributed by atoms with Crippen molar-refractivity contribution in [2.45, 2.75) is 30.3 Å². The highest BCUT2D eigenvalue weighted by molar-refractivity contribution is 7.98. The van der Waals surface area contributed by atoms with Gasteiger partial charge in [-0.3, -0.25) is 9.88 Å². The normalized spacial score (nSPS) is 12.5. The Bertz CT molecular complexity index is 804. The van der Waals surface area contributed by atoms with Crippen molar-refractivity contribution in [3.05, 3.63) is 71.8 Å². The van der Waals surface area contributed by atoms with Gasteiger partial charge in [0.2, 0.25) is 0 Å². The molecular formula is C20H25N5S. The molecule has 0 fully saturated rings. The molecule has 0 amide bonds. The van der Waals surface area contributed by atoms with E-state index in [0.29, 0.717) is 5.92 Å². The number of aromatic nitrogens is 4. The summed E-state index contributed by atoms with van der Waals surface area (Å²) in [5.41, 5.74) is 2.61. The molecule has 0 aliphatic heterocycles. The molecule has 5 nitrogen and oxygen atoms in total. The molecule has 0 bridgehead atoms. The van der Waals surface area contributed by atoms with Crippen LogP contribution in [0.2, 0.25) is 0 Å². The summed E-state index contributed by atoms with van der Waals surface area (Å²) >= 11 is 1.70. The Balaban J connectivity index is 1.55. The van der Waals surface area contributed by atoms with Crippen molar-refractivity contribution in [3.8, 4) is 0 Å². The zero-order valence-electron chi connectivity index (χ0n) is 15.5. The fraction of sp³-hybridized carbons (Fsp3) is 0.350. The van der Waals surface area contributed by atoms with E-state index in [2.05, 4.69) is 69.0 Å². The monoisotopic (exact) mass is 367 g/mol. The van der Waals surface area contributed by atoms with Crippen LogP contribution in [0.1, 0.15) is 29.8 Å². The summed E-state index contributed by atoms with van der Waals surface area (Å²) in [6.45, 7) is 4.03. The molecule has 3 rings (SSSR count). The summed E-state index contributed by atoms with van der Waals surface area (Å²) in [5, 5.41) is 9.69. The van der Waals surface area contributed by atoms with Crippen LogP contribution in [0.4, 0.5) is 0 Å². The van der Waals surface area contributed by atoms with Crippen LogP contribution in [0.25, 0.3) is 0 Å². The summed E-state index contributed by atoms with van der Waals surface area (Å²) in [5.74, 6) is 2.34. The minimum Gasteiger partial charge on any atom is -0.308 e. The summed E-state index contributed by atoms with van der Waals surface area (Å²) in [4.78, 5) is 6.36. The second kappa shape index (κ2) is 8.96. The standard InChI is InChI=1S/C20H25N5S/c1-16(18-7-5-4-6-8-18)13-24(2)14-19-22-23-20(25(19)3)26-15-17-9-11-21-12-10-17/h4-12,16H,13-15H2,1-3H3/t16-/m0/s1. The first-order valence-electron chi connectivity index (χ1n) is 8.77. The van der Waals surface area contributed by atoms with Crippen molar-refractivity contribution in [2.24, 2.45) is 7.05 Å². The average molecular weight is 368 g/mol. The van der Waals surface area contributed by atoms with Gasteiger partial charge in [-0.1, -0.05) is 49.0 Å². The van der Waals surface area contributed by atoms with E-state index < -0.39 is 0 Å². The van der Waals surface area contributed by atoms with Gasteiger partial charge in [-0.05, 0) is 36.2 Å². The molecule has 1 atom stereocenters. The fourth-order valence-corrected chi connectivity index (χ4v) is 3.78. The number of hydrogen-bond donors (Lipinski definition) is 0. The molecule has 0 radical (unpaired) electrons. The van der Waals surface area contributed by atoms with E-state index in [1.54, 1.807) is 11.8 Å². The predicted molar refractivity (Wildman–Crippen MR) is 106 cm³/mol. The number of nitrogens with zero attached hydrogens (tertiary/aromatic N) is 5. The summed E-state index contributed by atoms with van der Waals surface area (Å²) in [6, 6.07) is 14.7. The molecule has 2 aromatic heterocycles. The Morgan fingerprint density at radius 3 is 2.54 bits per heavy atom. The van der Waals surface area contributed by atoms with Gasteiger partial charge in [-0.2, -0.15) is 0 Å². The quantitative estimate of drug-likeness (QED) is 0.568. The Morgan fingerprint density at radius 2 is 1.81 bits per heavy atom. The summed E-state index contributed by atoms with van der Waals surface area (Å²) in [6.07, 6.45) is 3.64. The Labute approximate surface area is 159 Å². The Morgan fingerprint density at radius 1 is 1.08 bits per heavy atom. The third-order valence-electron chi connectivity index (χ3n) is 4.41. The molecule has 2 heterocycles. The van der Waals surface area contributed by atoms with Crippen LogP contribution in [0.3, 0.4) is 0 Å².